The molecule has 0 bridgehead atoms. The first-order valence-corrected chi connectivity index (χ1v) is 8.06. The largest absolute Gasteiger partial charge is 0.353 e. The number of nitrogens with zero attached hydrogens (tertiary/aromatic N) is 2. The van der Waals surface area contributed by atoms with Crippen molar-refractivity contribution in [2.24, 2.45) is 11.7 Å². The number of rotatable bonds is 6. The summed E-state index contributed by atoms with van der Waals surface area (Å²) < 4.78 is 0. The van der Waals surface area contributed by atoms with Crippen LogP contribution in [0.15, 0.2) is 18.3 Å². The van der Waals surface area contributed by atoms with Crippen LogP contribution >= 0.6 is 0 Å². The van der Waals surface area contributed by atoms with Gasteiger partial charge >= 0.3 is 0 Å². The van der Waals surface area contributed by atoms with Gasteiger partial charge in [-0.05, 0) is 38.2 Å². The molecule has 0 spiro atoms. The topological polar surface area (TPSA) is 42.2 Å². The summed E-state index contributed by atoms with van der Waals surface area (Å²) in [6.07, 6.45) is 8.41. The van der Waals surface area contributed by atoms with Gasteiger partial charge < -0.3 is 10.6 Å². The average molecular weight is 275 g/mol. The number of pyridine rings is 1. The Morgan fingerprint density at radius 2 is 2.00 bits per heavy atom. The zero-order valence-corrected chi connectivity index (χ0v) is 13.2. The first-order chi connectivity index (χ1) is 9.59. The van der Waals surface area contributed by atoms with Crippen LogP contribution in [0.25, 0.3) is 0 Å². The molecule has 1 heterocycles. The SMILES string of the molecule is CC(C)CCN(c1ncccc1[C@@H](C)N)C1CCCC1. The van der Waals surface area contributed by atoms with Gasteiger partial charge in [-0.15, -0.1) is 0 Å². The van der Waals surface area contributed by atoms with Crippen molar-refractivity contribution in [1.82, 2.24) is 4.98 Å². The molecule has 1 aliphatic rings. The quantitative estimate of drug-likeness (QED) is 0.856. The highest BCUT2D eigenvalue weighted by atomic mass is 15.2. The standard InChI is InChI=1S/C17H29N3/c1-13(2)10-12-20(15-7-4-5-8-15)17-16(14(3)18)9-6-11-19-17/h6,9,11,13-15H,4-5,7-8,10,12,18H2,1-3H3/t14-/m1/s1. The van der Waals surface area contributed by atoms with E-state index < -0.39 is 0 Å². The minimum atomic E-state index is 0.0432. The molecule has 2 N–H and O–H groups in total. The number of hydrogen-bond acceptors (Lipinski definition) is 3. The molecule has 3 heteroatoms. The molecule has 20 heavy (non-hydrogen) atoms. The number of hydrogen-bond donors (Lipinski definition) is 1. The Labute approximate surface area is 123 Å². The summed E-state index contributed by atoms with van der Waals surface area (Å²) in [5.74, 6) is 1.84. The Hall–Kier alpha value is -1.09. The lowest BCUT2D eigenvalue weighted by Gasteiger charge is -2.33. The van der Waals surface area contributed by atoms with Crippen LogP contribution in [0.4, 0.5) is 5.82 Å². The highest BCUT2D eigenvalue weighted by Crippen LogP contribution is 2.31. The van der Waals surface area contributed by atoms with Crippen LogP contribution in [0.1, 0.15) is 64.5 Å². The summed E-state index contributed by atoms with van der Waals surface area (Å²) in [6, 6.07) is 4.82. The Kier molecular flexibility index (Phi) is 5.41. The lowest BCUT2D eigenvalue weighted by molar-refractivity contribution is 0.522. The van der Waals surface area contributed by atoms with Gasteiger partial charge in [0.2, 0.25) is 0 Å². The molecule has 1 aliphatic carbocycles. The smallest absolute Gasteiger partial charge is 0.133 e. The summed E-state index contributed by atoms with van der Waals surface area (Å²) in [7, 11) is 0. The summed E-state index contributed by atoms with van der Waals surface area (Å²) in [5, 5.41) is 0. The fraction of sp³-hybridized carbons (Fsp3) is 0.706. The maximum atomic E-state index is 6.14. The number of anilines is 1. The summed E-state index contributed by atoms with van der Waals surface area (Å²) in [5.41, 5.74) is 7.32. The molecule has 112 valence electrons. The lowest BCUT2D eigenvalue weighted by atomic mass is 10.1. The van der Waals surface area contributed by atoms with Crippen LogP contribution in [0.2, 0.25) is 0 Å². The summed E-state index contributed by atoms with van der Waals surface area (Å²) >= 11 is 0. The van der Waals surface area contributed by atoms with Crippen molar-refractivity contribution in [1.29, 1.82) is 0 Å². The molecule has 1 atom stereocenters. The van der Waals surface area contributed by atoms with Crippen molar-refractivity contribution < 1.29 is 0 Å². The van der Waals surface area contributed by atoms with Gasteiger partial charge in [0.1, 0.15) is 5.82 Å². The second kappa shape index (κ2) is 7.07. The minimum Gasteiger partial charge on any atom is -0.353 e. The van der Waals surface area contributed by atoms with Gasteiger partial charge in [-0.25, -0.2) is 4.98 Å². The van der Waals surface area contributed by atoms with Crippen LogP contribution in [-0.2, 0) is 0 Å². The third kappa shape index (κ3) is 3.72. The van der Waals surface area contributed by atoms with Crippen molar-refractivity contribution in [2.75, 3.05) is 11.4 Å². The van der Waals surface area contributed by atoms with E-state index in [0.29, 0.717) is 6.04 Å². The van der Waals surface area contributed by atoms with Gasteiger partial charge in [0.25, 0.3) is 0 Å². The Balaban J connectivity index is 2.25. The number of aromatic nitrogens is 1. The molecule has 1 fully saturated rings. The molecule has 3 nitrogen and oxygen atoms in total. The average Bonchev–Trinajstić information content (AvgIpc) is 2.93. The van der Waals surface area contributed by atoms with Gasteiger partial charge in [0.15, 0.2) is 0 Å². The zero-order chi connectivity index (χ0) is 14.5. The maximum absolute atomic E-state index is 6.14. The molecule has 1 saturated carbocycles. The molecular formula is C17H29N3. The lowest BCUT2D eigenvalue weighted by Crippen LogP contribution is -2.36. The molecular weight excluding hydrogens is 246 g/mol. The number of nitrogens with two attached hydrogens (primary N) is 1. The van der Waals surface area contributed by atoms with E-state index in [9.17, 15) is 0 Å². The zero-order valence-electron chi connectivity index (χ0n) is 13.2. The molecule has 1 aromatic heterocycles. The molecule has 1 aromatic rings. The molecule has 0 radical (unpaired) electrons. The third-order valence-electron chi connectivity index (χ3n) is 4.29. The molecule has 2 rings (SSSR count). The van der Waals surface area contributed by atoms with E-state index in [2.05, 4.69) is 36.7 Å². The first kappa shape index (κ1) is 15.3. The van der Waals surface area contributed by atoms with Crippen LogP contribution < -0.4 is 10.6 Å². The molecule has 0 aliphatic heterocycles. The second-order valence-corrected chi connectivity index (χ2v) is 6.52. The molecule has 0 aromatic carbocycles. The van der Waals surface area contributed by atoms with Gasteiger partial charge in [-0.2, -0.15) is 0 Å². The normalized spacial score (nSPS) is 17.6. The minimum absolute atomic E-state index is 0.0432. The molecule has 0 unspecified atom stereocenters. The van der Waals surface area contributed by atoms with E-state index in [1.54, 1.807) is 0 Å². The monoisotopic (exact) mass is 275 g/mol. The Morgan fingerprint density at radius 1 is 1.30 bits per heavy atom. The van der Waals surface area contributed by atoms with Gasteiger partial charge in [-0.1, -0.05) is 32.8 Å². The van der Waals surface area contributed by atoms with Crippen LogP contribution in [0, 0.1) is 5.92 Å². The summed E-state index contributed by atoms with van der Waals surface area (Å²) in [4.78, 5) is 7.20. The van der Waals surface area contributed by atoms with Crippen LogP contribution in [0.3, 0.4) is 0 Å². The highest BCUT2D eigenvalue weighted by Gasteiger charge is 2.25. The fourth-order valence-corrected chi connectivity index (χ4v) is 3.08. The summed E-state index contributed by atoms with van der Waals surface area (Å²) in [6.45, 7) is 7.73. The van der Waals surface area contributed by atoms with E-state index in [1.165, 1.54) is 37.7 Å². The van der Waals surface area contributed by atoms with E-state index in [4.69, 9.17) is 5.73 Å². The molecule has 0 saturated heterocycles. The van der Waals surface area contributed by atoms with Crippen LogP contribution in [-0.4, -0.2) is 17.6 Å². The van der Waals surface area contributed by atoms with Crippen molar-refractivity contribution in [3.05, 3.63) is 23.9 Å². The maximum Gasteiger partial charge on any atom is 0.133 e. The third-order valence-corrected chi connectivity index (χ3v) is 4.29. The van der Waals surface area contributed by atoms with Crippen LogP contribution in [0.5, 0.6) is 0 Å². The Morgan fingerprint density at radius 3 is 2.60 bits per heavy atom. The Bertz CT molecular complexity index is 408. The van der Waals surface area contributed by atoms with Crippen molar-refractivity contribution >= 4 is 5.82 Å². The van der Waals surface area contributed by atoms with E-state index in [1.807, 2.05) is 12.3 Å². The van der Waals surface area contributed by atoms with E-state index >= 15 is 0 Å². The predicted molar refractivity (Wildman–Crippen MR) is 85.9 cm³/mol. The predicted octanol–water partition coefficient (Wildman–Crippen LogP) is 3.90. The van der Waals surface area contributed by atoms with E-state index in [0.717, 1.165) is 18.3 Å². The molecule has 0 amide bonds. The van der Waals surface area contributed by atoms with Gasteiger partial charge in [-0.3, -0.25) is 0 Å². The van der Waals surface area contributed by atoms with Crippen molar-refractivity contribution in [3.63, 3.8) is 0 Å². The fourth-order valence-electron chi connectivity index (χ4n) is 3.08. The van der Waals surface area contributed by atoms with E-state index in [-0.39, 0.29) is 6.04 Å². The van der Waals surface area contributed by atoms with Crippen molar-refractivity contribution in [2.45, 2.75) is 65.0 Å². The van der Waals surface area contributed by atoms with Gasteiger partial charge in [0, 0.05) is 30.4 Å². The highest BCUT2D eigenvalue weighted by molar-refractivity contribution is 5.49. The first-order valence-electron chi connectivity index (χ1n) is 8.06. The second-order valence-electron chi connectivity index (χ2n) is 6.52. The van der Waals surface area contributed by atoms with Gasteiger partial charge in [0.05, 0.1) is 0 Å². The van der Waals surface area contributed by atoms with Crippen molar-refractivity contribution in [3.8, 4) is 0 Å².